The van der Waals surface area contributed by atoms with E-state index in [1.165, 1.54) is 50.1 Å². The van der Waals surface area contributed by atoms with Gasteiger partial charge in [-0.05, 0) is 95.3 Å². The van der Waals surface area contributed by atoms with Gasteiger partial charge < -0.3 is 9.47 Å². The van der Waals surface area contributed by atoms with Crippen LogP contribution < -0.4 is 4.90 Å². The predicted octanol–water partition coefficient (Wildman–Crippen LogP) is 11.0. The number of rotatable bonds is 4. The third-order valence-corrected chi connectivity index (χ3v) is 8.85. The van der Waals surface area contributed by atoms with Crippen molar-refractivity contribution in [1.82, 2.24) is 4.57 Å². The Kier molecular flexibility index (Phi) is 6.46. The molecule has 2 heterocycles. The third-order valence-electron chi connectivity index (χ3n) is 8.85. The van der Waals surface area contributed by atoms with Crippen molar-refractivity contribution in [1.29, 1.82) is 0 Å². The summed E-state index contributed by atoms with van der Waals surface area (Å²) in [5.74, 6) is 0. The molecule has 2 aliphatic rings. The van der Waals surface area contributed by atoms with Crippen molar-refractivity contribution in [2.24, 2.45) is 0 Å². The Labute approximate surface area is 258 Å². The highest BCUT2D eigenvalue weighted by molar-refractivity contribution is 5.99. The highest BCUT2D eigenvalue weighted by Crippen LogP contribution is 2.41. The number of hydrogen-bond acceptors (Lipinski definition) is 1. The molecule has 0 fully saturated rings. The van der Waals surface area contributed by atoms with Crippen molar-refractivity contribution in [3.8, 4) is 16.8 Å². The van der Waals surface area contributed by atoms with Crippen LogP contribution in [0, 0.1) is 0 Å². The lowest BCUT2D eigenvalue weighted by atomic mass is 9.89. The minimum absolute atomic E-state index is 0.979. The highest BCUT2D eigenvalue weighted by atomic mass is 15.1. The molecule has 210 valence electrons. The van der Waals surface area contributed by atoms with Gasteiger partial charge in [-0.3, -0.25) is 0 Å². The summed E-state index contributed by atoms with van der Waals surface area (Å²) >= 11 is 0. The van der Waals surface area contributed by atoms with Gasteiger partial charge in [-0.2, -0.15) is 0 Å². The fraction of sp³-hybridized carbons (Fsp3) is 0.0476. The van der Waals surface area contributed by atoms with Crippen LogP contribution in [0.25, 0.3) is 44.9 Å². The first-order valence-electron chi connectivity index (χ1n) is 15.3. The molecule has 1 aliphatic carbocycles. The summed E-state index contributed by atoms with van der Waals surface area (Å²) in [6.07, 6.45) is 12.8. The molecule has 0 atom stereocenters. The van der Waals surface area contributed by atoms with Crippen molar-refractivity contribution in [2.75, 3.05) is 4.90 Å². The summed E-state index contributed by atoms with van der Waals surface area (Å²) in [6.45, 7) is 4.44. The largest absolute Gasteiger partial charge is 0.317 e. The van der Waals surface area contributed by atoms with E-state index >= 15 is 0 Å². The van der Waals surface area contributed by atoms with Gasteiger partial charge in [0, 0.05) is 39.8 Å². The molecule has 0 N–H and O–H groups in total. The Morgan fingerprint density at radius 1 is 0.591 bits per heavy atom. The summed E-state index contributed by atoms with van der Waals surface area (Å²) in [4.78, 5) is 2.25. The quantitative estimate of drug-likeness (QED) is 0.207. The van der Waals surface area contributed by atoms with Crippen molar-refractivity contribution < 1.29 is 0 Å². The second-order valence-electron chi connectivity index (χ2n) is 11.5. The standard InChI is InChI=1S/C42H32N2/c1-30-12-10-11-27-43(35-15-6-3-7-16-35)40-25-21-33(28-38(30)40)34-22-26-42-39(29-34)37-17-8-9-18-41(37)44(42)36-23-19-32(20-24-36)31-13-4-2-5-14-31/h2-21,23-25,27-29H,1,22,26H2/b12-10-,27-11-. The van der Waals surface area contributed by atoms with E-state index in [2.05, 4.69) is 174 Å². The van der Waals surface area contributed by atoms with Crippen LogP contribution in [0.3, 0.4) is 0 Å². The Morgan fingerprint density at radius 2 is 1.30 bits per heavy atom. The van der Waals surface area contributed by atoms with E-state index in [1.807, 2.05) is 0 Å². The molecule has 0 spiro atoms. The summed E-state index contributed by atoms with van der Waals surface area (Å²) in [6, 6.07) is 45.8. The van der Waals surface area contributed by atoms with Gasteiger partial charge in [-0.25, -0.2) is 0 Å². The van der Waals surface area contributed by atoms with Crippen LogP contribution in [0.1, 0.15) is 28.8 Å². The van der Waals surface area contributed by atoms with Gasteiger partial charge in [0.25, 0.3) is 0 Å². The second-order valence-corrected chi connectivity index (χ2v) is 11.5. The van der Waals surface area contributed by atoms with Gasteiger partial charge in [0.1, 0.15) is 0 Å². The zero-order chi connectivity index (χ0) is 29.5. The van der Waals surface area contributed by atoms with Crippen LogP contribution in [0.4, 0.5) is 11.4 Å². The fourth-order valence-electron chi connectivity index (χ4n) is 6.68. The molecule has 0 bridgehead atoms. The van der Waals surface area contributed by atoms with E-state index in [4.69, 9.17) is 0 Å². The van der Waals surface area contributed by atoms with E-state index in [0.717, 1.165) is 35.4 Å². The van der Waals surface area contributed by atoms with Crippen molar-refractivity contribution in [3.05, 3.63) is 181 Å². The molecule has 0 amide bonds. The van der Waals surface area contributed by atoms with E-state index < -0.39 is 0 Å². The lowest BCUT2D eigenvalue weighted by Crippen LogP contribution is -2.11. The first kappa shape index (κ1) is 26.1. The van der Waals surface area contributed by atoms with E-state index in [-0.39, 0.29) is 0 Å². The maximum absolute atomic E-state index is 4.44. The zero-order valence-corrected chi connectivity index (χ0v) is 24.5. The number of allylic oxidation sites excluding steroid dienone is 5. The SMILES string of the molecule is C=C1/C=C\C=C/N(c2ccccc2)c2ccc(C3=Cc4c(n(-c5ccc(-c6ccccc6)cc5)c5ccccc45)CC3)cc21. The van der Waals surface area contributed by atoms with Crippen molar-refractivity contribution in [2.45, 2.75) is 12.8 Å². The molecule has 1 aromatic heterocycles. The number of nitrogens with zero attached hydrogens (tertiary/aromatic N) is 2. The molecule has 2 heteroatoms. The Bertz CT molecular complexity index is 2110. The molecule has 0 saturated heterocycles. The van der Waals surface area contributed by atoms with Crippen LogP contribution in [0.5, 0.6) is 0 Å². The summed E-state index contributed by atoms with van der Waals surface area (Å²) in [5.41, 5.74) is 14.7. The molecule has 0 radical (unpaired) electrons. The van der Waals surface area contributed by atoms with Crippen molar-refractivity contribution >= 4 is 39.5 Å². The lowest BCUT2D eigenvalue weighted by molar-refractivity contribution is 0.898. The number of para-hydroxylation sites is 2. The molecular formula is C42H32N2. The maximum Gasteiger partial charge on any atom is 0.0537 e. The third kappa shape index (κ3) is 4.53. The van der Waals surface area contributed by atoms with Crippen LogP contribution in [-0.2, 0) is 6.42 Å². The van der Waals surface area contributed by atoms with Gasteiger partial charge in [0.2, 0.25) is 0 Å². The van der Waals surface area contributed by atoms with E-state index in [1.54, 1.807) is 0 Å². The molecule has 6 aromatic rings. The van der Waals surface area contributed by atoms with Crippen LogP contribution >= 0.6 is 0 Å². The number of fused-ring (bicyclic) bond motifs is 4. The van der Waals surface area contributed by atoms with Gasteiger partial charge in [0.05, 0.1) is 11.2 Å². The molecular weight excluding hydrogens is 532 g/mol. The lowest BCUT2D eigenvalue weighted by Gasteiger charge is -2.26. The minimum atomic E-state index is 0.979. The van der Waals surface area contributed by atoms with E-state index in [9.17, 15) is 0 Å². The monoisotopic (exact) mass is 564 g/mol. The van der Waals surface area contributed by atoms with Crippen LogP contribution in [-0.4, -0.2) is 4.57 Å². The average molecular weight is 565 g/mol. The minimum Gasteiger partial charge on any atom is -0.317 e. The Balaban J connectivity index is 1.21. The van der Waals surface area contributed by atoms with Gasteiger partial charge in [0.15, 0.2) is 0 Å². The fourth-order valence-corrected chi connectivity index (χ4v) is 6.68. The molecule has 1 aliphatic heterocycles. The Morgan fingerprint density at radius 3 is 2.11 bits per heavy atom. The summed E-state index contributed by atoms with van der Waals surface area (Å²) in [5, 5.41) is 1.30. The average Bonchev–Trinajstić information content (AvgIpc) is 3.42. The normalized spacial score (nSPS) is 15.6. The van der Waals surface area contributed by atoms with Gasteiger partial charge >= 0.3 is 0 Å². The number of benzene rings is 5. The molecule has 2 nitrogen and oxygen atoms in total. The second kappa shape index (κ2) is 10.9. The molecule has 0 saturated carbocycles. The zero-order valence-electron chi connectivity index (χ0n) is 24.5. The smallest absolute Gasteiger partial charge is 0.0537 e. The Hall–Kier alpha value is -5.60. The number of anilines is 2. The first-order valence-corrected chi connectivity index (χ1v) is 15.3. The number of aromatic nitrogens is 1. The van der Waals surface area contributed by atoms with Gasteiger partial charge in [-0.1, -0.05) is 104 Å². The highest BCUT2D eigenvalue weighted by Gasteiger charge is 2.23. The van der Waals surface area contributed by atoms with Crippen LogP contribution in [0.2, 0.25) is 0 Å². The van der Waals surface area contributed by atoms with E-state index in [0.29, 0.717) is 0 Å². The number of hydrogen-bond donors (Lipinski definition) is 0. The van der Waals surface area contributed by atoms with Crippen LogP contribution in [0.15, 0.2) is 158 Å². The van der Waals surface area contributed by atoms with Gasteiger partial charge in [-0.15, -0.1) is 0 Å². The molecule has 0 unspecified atom stereocenters. The summed E-state index contributed by atoms with van der Waals surface area (Å²) in [7, 11) is 0. The predicted molar refractivity (Wildman–Crippen MR) is 187 cm³/mol. The maximum atomic E-state index is 4.44. The topological polar surface area (TPSA) is 8.17 Å². The first-order chi connectivity index (χ1) is 21.7. The van der Waals surface area contributed by atoms with Crippen molar-refractivity contribution in [3.63, 3.8) is 0 Å². The summed E-state index contributed by atoms with van der Waals surface area (Å²) < 4.78 is 2.46. The molecule has 8 rings (SSSR count). The molecule has 5 aromatic carbocycles. The molecule has 44 heavy (non-hydrogen) atoms.